The molecular weight excluding hydrogens is 264 g/mol. The van der Waals surface area contributed by atoms with E-state index in [1.807, 2.05) is 42.5 Å². The van der Waals surface area contributed by atoms with Crippen LogP contribution >= 0.6 is 0 Å². The molecule has 108 valence electrons. The van der Waals surface area contributed by atoms with Gasteiger partial charge in [0, 0.05) is 5.92 Å². The maximum Gasteiger partial charge on any atom is 0.306 e. The quantitative estimate of drug-likeness (QED) is 0.789. The SMILES string of the molecule is O=C1C[C@@H](Cc2ccc(OCc3ccccc3)cc2)CO1. The molecule has 3 rings (SSSR count). The molecule has 1 fully saturated rings. The summed E-state index contributed by atoms with van der Waals surface area (Å²) < 4.78 is 10.7. The van der Waals surface area contributed by atoms with Gasteiger partial charge in [0.15, 0.2) is 0 Å². The van der Waals surface area contributed by atoms with Crippen LogP contribution in [0.2, 0.25) is 0 Å². The normalized spacial score (nSPS) is 17.5. The van der Waals surface area contributed by atoms with Gasteiger partial charge in [-0.15, -0.1) is 0 Å². The van der Waals surface area contributed by atoms with E-state index in [9.17, 15) is 4.79 Å². The highest BCUT2D eigenvalue weighted by Crippen LogP contribution is 2.21. The maximum absolute atomic E-state index is 11.1. The molecule has 2 aromatic rings. The lowest BCUT2D eigenvalue weighted by molar-refractivity contribution is -0.137. The Morgan fingerprint density at radius 3 is 2.43 bits per heavy atom. The fraction of sp³-hybridized carbons (Fsp3) is 0.278. The van der Waals surface area contributed by atoms with Crippen LogP contribution in [-0.2, 0) is 22.6 Å². The molecule has 1 saturated heterocycles. The summed E-state index contributed by atoms with van der Waals surface area (Å²) in [6.45, 7) is 1.12. The van der Waals surface area contributed by atoms with Crippen molar-refractivity contribution in [3.8, 4) is 5.75 Å². The van der Waals surface area contributed by atoms with Crippen LogP contribution < -0.4 is 4.74 Å². The van der Waals surface area contributed by atoms with Gasteiger partial charge in [0.25, 0.3) is 0 Å². The lowest BCUT2D eigenvalue weighted by atomic mass is 9.99. The van der Waals surface area contributed by atoms with Gasteiger partial charge in [-0.05, 0) is 29.7 Å². The molecule has 0 spiro atoms. The number of rotatable bonds is 5. The van der Waals surface area contributed by atoms with Crippen LogP contribution in [-0.4, -0.2) is 12.6 Å². The molecule has 0 radical (unpaired) electrons. The predicted molar refractivity (Wildman–Crippen MR) is 80.0 cm³/mol. The van der Waals surface area contributed by atoms with E-state index in [4.69, 9.17) is 9.47 Å². The van der Waals surface area contributed by atoms with Crippen molar-refractivity contribution in [2.45, 2.75) is 19.4 Å². The number of cyclic esters (lactones) is 1. The van der Waals surface area contributed by atoms with Gasteiger partial charge in [0.05, 0.1) is 13.0 Å². The zero-order valence-electron chi connectivity index (χ0n) is 11.8. The van der Waals surface area contributed by atoms with Gasteiger partial charge in [0.1, 0.15) is 12.4 Å². The summed E-state index contributed by atoms with van der Waals surface area (Å²) in [6.07, 6.45) is 1.41. The molecule has 3 heteroatoms. The first-order valence-corrected chi connectivity index (χ1v) is 7.21. The zero-order valence-corrected chi connectivity index (χ0v) is 11.8. The van der Waals surface area contributed by atoms with Crippen molar-refractivity contribution in [2.24, 2.45) is 5.92 Å². The third-order valence-electron chi connectivity index (χ3n) is 3.63. The molecule has 0 aliphatic carbocycles. The highest BCUT2D eigenvalue weighted by molar-refractivity contribution is 5.71. The minimum absolute atomic E-state index is 0.0807. The summed E-state index contributed by atoms with van der Waals surface area (Å²) in [5.74, 6) is 1.10. The van der Waals surface area contributed by atoms with Gasteiger partial charge in [-0.1, -0.05) is 42.5 Å². The summed E-state index contributed by atoms with van der Waals surface area (Å²) >= 11 is 0. The smallest absolute Gasteiger partial charge is 0.306 e. The number of carbonyl (C=O) groups excluding carboxylic acids is 1. The number of benzene rings is 2. The van der Waals surface area contributed by atoms with E-state index in [1.54, 1.807) is 0 Å². The van der Waals surface area contributed by atoms with E-state index in [0.717, 1.165) is 17.7 Å². The van der Waals surface area contributed by atoms with Crippen LogP contribution in [0, 0.1) is 5.92 Å². The molecule has 1 aliphatic heterocycles. The third-order valence-corrected chi connectivity index (χ3v) is 3.63. The Bertz CT molecular complexity index is 590. The van der Waals surface area contributed by atoms with E-state index < -0.39 is 0 Å². The van der Waals surface area contributed by atoms with Crippen molar-refractivity contribution < 1.29 is 14.3 Å². The topological polar surface area (TPSA) is 35.5 Å². The summed E-state index contributed by atoms with van der Waals surface area (Å²) in [5, 5.41) is 0. The lowest BCUT2D eigenvalue weighted by Crippen LogP contribution is -2.03. The van der Waals surface area contributed by atoms with Gasteiger partial charge in [-0.3, -0.25) is 4.79 Å². The number of esters is 1. The monoisotopic (exact) mass is 282 g/mol. The molecule has 0 amide bonds. The van der Waals surface area contributed by atoms with E-state index in [2.05, 4.69) is 12.1 Å². The zero-order chi connectivity index (χ0) is 14.5. The largest absolute Gasteiger partial charge is 0.489 e. The van der Waals surface area contributed by atoms with Gasteiger partial charge >= 0.3 is 5.97 Å². The molecule has 0 unspecified atom stereocenters. The first kappa shape index (κ1) is 13.7. The Labute approximate surface area is 124 Å². The number of hydrogen-bond acceptors (Lipinski definition) is 3. The Balaban J connectivity index is 1.53. The molecule has 0 saturated carbocycles. The number of ether oxygens (including phenoxy) is 2. The van der Waals surface area contributed by atoms with E-state index in [0.29, 0.717) is 25.6 Å². The van der Waals surface area contributed by atoms with Crippen LogP contribution in [0.4, 0.5) is 0 Å². The standard InChI is InChI=1S/C18H18O3/c19-18-11-16(13-21-18)10-14-6-8-17(9-7-14)20-12-15-4-2-1-3-5-15/h1-9,16H,10-13H2/t16-/m1/s1. The molecule has 0 N–H and O–H groups in total. The third kappa shape index (κ3) is 3.85. The van der Waals surface area contributed by atoms with Gasteiger partial charge in [0.2, 0.25) is 0 Å². The summed E-state index contributed by atoms with van der Waals surface area (Å²) in [6, 6.07) is 18.2. The van der Waals surface area contributed by atoms with Crippen molar-refractivity contribution in [1.82, 2.24) is 0 Å². The molecule has 1 atom stereocenters. The van der Waals surface area contributed by atoms with Crippen LogP contribution in [0.3, 0.4) is 0 Å². The first-order valence-electron chi connectivity index (χ1n) is 7.21. The first-order chi connectivity index (χ1) is 10.3. The lowest BCUT2D eigenvalue weighted by Gasteiger charge is -2.09. The van der Waals surface area contributed by atoms with Gasteiger partial charge < -0.3 is 9.47 Å². The van der Waals surface area contributed by atoms with E-state index in [-0.39, 0.29) is 5.97 Å². The predicted octanol–water partition coefficient (Wildman–Crippen LogP) is 3.37. The molecule has 2 aromatic carbocycles. The van der Waals surface area contributed by atoms with Crippen molar-refractivity contribution in [2.75, 3.05) is 6.61 Å². The highest BCUT2D eigenvalue weighted by Gasteiger charge is 2.23. The van der Waals surface area contributed by atoms with Gasteiger partial charge in [-0.25, -0.2) is 0 Å². The average Bonchev–Trinajstić information content (AvgIpc) is 2.93. The maximum atomic E-state index is 11.1. The molecule has 3 nitrogen and oxygen atoms in total. The molecule has 21 heavy (non-hydrogen) atoms. The fourth-order valence-corrected chi connectivity index (χ4v) is 2.49. The second-order valence-corrected chi connectivity index (χ2v) is 5.38. The fourth-order valence-electron chi connectivity index (χ4n) is 2.49. The van der Waals surface area contributed by atoms with Crippen molar-refractivity contribution >= 4 is 5.97 Å². The van der Waals surface area contributed by atoms with Crippen LogP contribution in [0.25, 0.3) is 0 Å². The second-order valence-electron chi connectivity index (χ2n) is 5.38. The molecular formula is C18H18O3. The van der Waals surface area contributed by atoms with E-state index in [1.165, 1.54) is 5.56 Å². The Hall–Kier alpha value is -2.29. The van der Waals surface area contributed by atoms with E-state index >= 15 is 0 Å². The molecule has 1 aliphatic rings. The second kappa shape index (κ2) is 6.44. The summed E-state index contributed by atoms with van der Waals surface area (Å²) in [7, 11) is 0. The molecule has 0 aromatic heterocycles. The molecule has 1 heterocycles. The Morgan fingerprint density at radius 2 is 1.76 bits per heavy atom. The highest BCUT2D eigenvalue weighted by atomic mass is 16.5. The minimum Gasteiger partial charge on any atom is -0.489 e. The minimum atomic E-state index is -0.0807. The number of hydrogen-bond donors (Lipinski definition) is 0. The molecule has 0 bridgehead atoms. The van der Waals surface area contributed by atoms with Crippen molar-refractivity contribution in [3.05, 3.63) is 65.7 Å². The summed E-state index contributed by atoms with van der Waals surface area (Å²) in [5.41, 5.74) is 2.37. The summed E-state index contributed by atoms with van der Waals surface area (Å²) in [4.78, 5) is 11.1. The Morgan fingerprint density at radius 1 is 1.00 bits per heavy atom. The van der Waals surface area contributed by atoms with Crippen LogP contribution in [0.15, 0.2) is 54.6 Å². The van der Waals surface area contributed by atoms with Crippen LogP contribution in [0.5, 0.6) is 5.75 Å². The Kier molecular flexibility index (Phi) is 4.20. The average molecular weight is 282 g/mol. The van der Waals surface area contributed by atoms with Crippen molar-refractivity contribution in [3.63, 3.8) is 0 Å². The van der Waals surface area contributed by atoms with Gasteiger partial charge in [-0.2, -0.15) is 0 Å². The van der Waals surface area contributed by atoms with Crippen LogP contribution in [0.1, 0.15) is 17.5 Å². The number of carbonyl (C=O) groups is 1. The van der Waals surface area contributed by atoms with Crippen molar-refractivity contribution in [1.29, 1.82) is 0 Å².